The van der Waals surface area contributed by atoms with E-state index in [9.17, 15) is 30.0 Å². The molecule has 1 aromatic heterocycles. The van der Waals surface area contributed by atoms with Gasteiger partial charge < -0.3 is 30.5 Å². The van der Waals surface area contributed by atoms with E-state index in [2.05, 4.69) is 38.2 Å². The van der Waals surface area contributed by atoms with E-state index in [0.29, 0.717) is 68.4 Å². The molecule has 3 aromatic rings. The van der Waals surface area contributed by atoms with Gasteiger partial charge in [-0.25, -0.2) is 4.79 Å². The van der Waals surface area contributed by atoms with Crippen molar-refractivity contribution in [2.24, 2.45) is 46.3 Å². The van der Waals surface area contributed by atoms with Gasteiger partial charge in [-0.2, -0.15) is 0 Å². The predicted octanol–water partition coefficient (Wildman–Crippen LogP) is 7.71. The molecule has 0 radical (unpaired) electrons. The first-order chi connectivity index (χ1) is 25.7. The quantitative estimate of drug-likeness (QED) is 0.125. The Balaban J connectivity index is 1.08. The van der Waals surface area contributed by atoms with Crippen molar-refractivity contribution >= 4 is 28.5 Å². The van der Waals surface area contributed by atoms with Crippen LogP contribution < -0.4 is 5.32 Å². The molecule has 0 bridgehead atoms. The number of nitrogens with one attached hydrogen (secondary N) is 1. The van der Waals surface area contributed by atoms with Crippen LogP contribution in [0, 0.1) is 53.3 Å². The molecule has 5 N–H and O–H groups in total. The van der Waals surface area contributed by atoms with Gasteiger partial charge in [0.15, 0.2) is 0 Å². The molecule has 2 aromatic carbocycles. The van der Waals surface area contributed by atoms with Crippen LogP contribution in [0.1, 0.15) is 112 Å². The largest absolute Gasteiger partial charge is 0.481 e. The average molecular weight is 741 g/mol. The molecular formula is C45H60N2O7. The molecule has 0 aliphatic heterocycles. The summed E-state index contributed by atoms with van der Waals surface area (Å²) in [4.78, 5) is 29.1. The van der Waals surface area contributed by atoms with Crippen molar-refractivity contribution in [3.63, 3.8) is 0 Å². The van der Waals surface area contributed by atoms with Crippen LogP contribution in [0.2, 0.25) is 0 Å². The van der Waals surface area contributed by atoms with Crippen molar-refractivity contribution < 1.29 is 34.8 Å². The Kier molecular flexibility index (Phi) is 10.7. The maximum atomic E-state index is 13.0. The van der Waals surface area contributed by atoms with Crippen LogP contribution in [0.4, 0.5) is 5.69 Å². The van der Waals surface area contributed by atoms with Crippen LogP contribution in [0.5, 0.6) is 0 Å². The number of anilines is 1. The number of benzene rings is 2. The van der Waals surface area contributed by atoms with Gasteiger partial charge in [0, 0.05) is 18.4 Å². The van der Waals surface area contributed by atoms with E-state index < -0.39 is 29.7 Å². The smallest absolute Gasteiger partial charge is 0.341 e. The molecule has 9 heteroatoms. The Labute approximate surface area is 319 Å². The standard InChI is InChI=1S/C45H60N2O7/c1-26(11-16-38(50)51)32-13-14-33-40-34(23-37(49)44(32,33)4)43(3)19-20-45(53,24-30(43)22-36(40)48)18-17-28-12-15-35-31(21-28)41(39(27(2)47-35)42(52)54-5)46-25-29-9-7-6-8-10-29/h6-10,12,15,21,26,30,32-34,36-37,40,48-49,53H,11,13-14,16-20,22-25H2,1-5H3,(H,46,47)(H,50,51)/t26-,30?,32-,33?,34?,36-,37+,40?,43+,44-,45-/m1/s1. The third-order valence-electron chi connectivity index (χ3n) is 15.3. The fourth-order valence-corrected chi connectivity index (χ4v) is 12.3. The Morgan fingerprint density at radius 3 is 2.50 bits per heavy atom. The molecule has 4 saturated carbocycles. The number of pyridine rings is 1. The third-order valence-corrected chi connectivity index (χ3v) is 15.3. The van der Waals surface area contributed by atoms with Gasteiger partial charge in [0.25, 0.3) is 0 Å². The normalized spacial score (nSPS) is 35.1. The summed E-state index contributed by atoms with van der Waals surface area (Å²) in [5.41, 5.74) is 3.36. The number of hydrogen-bond donors (Lipinski definition) is 5. The van der Waals surface area contributed by atoms with Gasteiger partial charge in [-0.3, -0.25) is 9.78 Å². The Bertz CT molecular complexity index is 1870. The van der Waals surface area contributed by atoms with E-state index in [1.165, 1.54) is 7.11 Å². The highest BCUT2D eigenvalue weighted by molar-refractivity contribution is 6.06. The number of aromatic nitrogens is 1. The van der Waals surface area contributed by atoms with E-state index in [1.807, 2.05) is 43.3 Å². The number of carbonyl (C=O) groups excluding carboxylic acids is 1. The first-order valence-corrected chi connectivity index (χ1v) is 20.3. The van der Waals surface area contributed by atoms with Gasteiger partial charge in [-0.1, -0.05) is 57.2 Å². The third kappa shape index (κ3) is 6.83. The van der Waals surface area contributed by atoms with E-state index >= 15 is 0 Å². The predicted molar refractivity (Wildman–Crippen MR) is 209 cm³/mol. The summed E-state index contributed by atoms with van der Waals surface area (Å²) >= 11 is 0. The molecule has 54 heavy (non-hydrogen) atoms. The zero-order valence-electron chi connectivity index (χ0n) is 32.7. The number of methoxy groups -OCH3 is 1. The van der Waals surface area contributed by atoms with Gasteiger partial charge in [0.1, 0.15) is 5.56 Å². The summed E-state index contributed by atoms with van der Waals surface area (Å²) in [5.74, 6) is -0.130. The minimum absolute atomic E-state index is 0.0818. The number of rotatable bonds is 11. The first-order valence-electron chi connectivity index (χ1n) is 20.3. The van der Waals surface area contributed by atoms with E-state index in [4.69, 9.17) is 9.72 Å². The summed E-state index contributed by atoms with van der Waals surface area (Å²) in [5, 5.41) is 49.8. The number of nitrogens with zero attached hydrogens (tertiary/aromatic N) is 1. The van der Waals surface area contributed by atoms with Crippen LogP contribution in [0.15, 0.2) is 48.5 Å². The Hall–Kier alpha value is -3.53. The summed E-state index contributed by atoms with van der Waals surface area (Å²) < 4.78 is 5.18. The number of hydrogen-bond acceptors (Lipinski definition) is 8. The second kappa shape index (κ2) is 14.8. The second-order valence-electron chi connectivity index (χ2n) is 18.1. The monoisotopic (exact) mass is 740 g/mol. The topological polar surface area (TPSA) is 149 Å². The van der Waals surface area contributed by atoms with Crippen LogP contribution >= 0.6 is 0 Å². The highest BCUT2D eigenvalue weighted by Crippen LogP contribution is 2.69. The van der Waals surface area contributed by atoms with E-state index in [-0.39, 0.29) is 52.8 Å². The molecule has 4 fully saturated rings. The van der Waals surface area contributed by atoms with Crippen LogP contribution in [0.25, 0.3) is 10.9 Å². The fraction of sp³-hybridized carbons (Fsp3) is 0.622. The maximum absolute atomic E-state index is 13.0. The average Bonchev–Trinajstić information content (AvgIpc) is 3.51. The van der Waals surface area contributed by atoms with Crippen molar-refractivity contribution in [3.05, 3.63) is 70.9 Å². The minimum atomic E-state index is -0.872. The van der Waals surface area contributed by atoms with E-state index in [0.717, 1.165) is 41.3 Å². The van der Waals surface area contributed by atoms with Crippen molar-refractivity contribution in [1.29, 1.82) is 0 Å². The molecular weight excluding hydrogens is 681 g/mol. The van der Waals surface area contributed by atoms with Gasteiger partial charge in [-0.15, -0.1) is 0 Å². The van der Waals surface area contributed by atoms with Crippen molar-refractivity contribution in [1.82, 2.24) is 4.98 Å². The van der Waals surface area contributed by atoms with E-state index in [1.54, 1.807) is 0 Å². The highest BCUT2D eigenvalue weighted by atomic mass is 16.5. The molecule has 0 amide bonds. The van der Waals surface area contributed by atoms with Crippen LogP contribution in [-0.2, 0) is 22.5 Å². The molecule has 7 rings (SSSR count). The molecule has 0 spiro atoms. The zero-order chi connectivity index (χ0) is 38.6. The van der Waals surface area contributed by atoms with Crippen molar-refractivity contribution in [3.8, 4) is 0 Å². The lowest BCUT2D eigenvalue weighted by molar-refractivity contribution is -0.216. The molecule has 0 saturated heterocycles. The summed E-state index contributed by atoms with van der Waals surface area (Å²) in [7, 11) is 1.38. The number of carboxylic acids is 1. The summed E-state index contributed by atoms with van der Waals surface area (Å²) in [6, 6.07) is 16.2. The number of ether oxygens (including phenoxy) is 1. The number of aryl methyl sites for hydroxylation is 2. The Morgan fingerprint density at radius 2 is 1.78 bits per heavy atom. The number of aliphatic hydroxyl groups is 3. The molecule has 1 heterocycles. The SMILES string of the molecule is COC(=O)c1c(C)nc2ccc(CC[C@@]3(O)CC[C@@]4(C)C(C[C@@H](O)C5C4C[C@H](O)[C@@]4(C)C5CC[C@@H]4[C@H](C)CCC(=O)O)C3)cc2c1NCc1ccccc1. The van der Waals surface area contributed by atoms with Crippen molar-refractivity contribution in [2.45, 2.75) is 123 Å². The second-order valence-corrected chi connectivity index (χ2v) is 18.1. The number of esters is 1. The lowest BCUT2D eigenvalue weighted by Gasteiger charge is -2.64. The highest BCUT2D eigenvalue weighted by Gasteiger charge is 2.66. The van der Waals surface area contributed by atoms with Gasteiger partial charge in [0.2, 0.25) is 0 Å². The molecule has 9 nitrogen and oxygen atoms in total. The lowest BCUT2D eigenvalue weighted by Crippen LogP contribution is -2.63. The molecule has 4 unspecified atom stereocenters. The summed E-state index contributed by atoms with van der Waals surface area (Å²) in [6.07, 6.45) is 6.43. The van der Waals surface area contributed by atoms with Crippen LogP contribution in [0.3, 0.4) is 0 Å². The lowest BCUT2D eigenvalue weighted by atomic mass is 9.42. The summed E-state index contributed by atoms with van der Waals surface area (Å²) in [6.45, 7) is 9.08. The number of aliphatic hydroxyl groups excluding tert-OH is 2. The van der Waals surface area contributed by atoms with Gasteiger partial charge >= 0.3 is 11.9 Å². The van der Waals surface area contributed by atoms with Gasteiger partial charge in [0.05, 0.1) is 41.8 Å². The number of carbonyl (C=O) groups is 2. The molecule has 4 aliphatic carbocycles. The number of carboxylic acid groups (broad SMARTS) is 1. The first kappa shape index (κ1) is 38.7. The zero-order valence-corrected chi connectivity index (χ0v) is 32.7. The van der Waals surface area contributed by atoms with Crippen molar-refractivity contribution in [2.75, 3.05) is 12.4 Å². The maximum Gasteiger partial charge on any atom is 0.341 e. The fourth-order valence-electron chi connectivity index (χ4n) is 12.3. The van der Waals surface area contributed by atoms with Gasteiger partial charge in [-0.05, 0) is 141 Å². The Morgan fingerprint density at radius 1 is 1.02 bits per heavy atom. The van der Waals surface area contributed by atoms with Crippen LogP contribution in [-0.4, -0.2) is 62.3 Å². The molecule has 292 valence electrons. The molecule has 11 atom stereocenters. The molecule has 4 aliphatic rings. The number of fused-ring (bicyclic) bond motifs is 6. The number of aliphatic carboxylic acids is 1. The minimum Gasteiger partial charge on any atom is -0.481 e.